The fraction of sp³-hybridized carbons (Fsp3) is 0.615. The second kappa shape index (κ2) is 11.6. The number of anilines is 2. The van der Waals surface area contributed by atoms with Crippen molar-refractivity contribution in [3.05, 3.63) is 42.1 Å². The summed E-state index contributed by atoms with van der Waals surface area (Å²) in [5.74, 6) is 0.600. The van der Waals surface area contributed by atoms with Crippen LogP contribution in [0.1, 0.15) is 70.4 Å². The number of nitrogens with zero attached hydrogens (tertiary/aromatic N) is 4. The first-order chi connectivity index (χ1) is 15.7. The molecule has 1 saturated heterocycles. The summed E-state index contributed by atoms with van der Waals surface area (Å²) in [6, 6.07) is 12.4. The van der Waals surface area contributed by atoms with E-state index in [1.807, 2.05) is 17.2 Å². The maximum Gasteiger partial charge on any atom is 0.235 e. The average molecular weight is 439 g/mol. The van der Waals surface area contributed by atoms with E-state index in [1.54, 1.807) is 0 Å². The predicted octanol–water partition coefficient (Wildman–Crippen LogP) is 5.69. The van der Waals surface area contributed by atoms with Crippen LogP contribution in [0.15, 0.2) is 36.4 Å². The number of ether oxygens (including phenoxy) is 1. The molecule has 0 atom stereocenters. The Morgan fingerprint density at radius 3 is 2.44 bits per heavy atom. The van der Waals surface area contributed by atoms with Gasteiger partial charge in [0, 0.05) is 19.2 Å². The van der Waals surface area contributed by atoms with E-state index >= 15 is 0 Å². The second-order valence-electron chi connectivity index (χ2n) is 9.23. The molecule has 2 aromatic rings. The van der Waals surface area contributed by atoms with Crippen LogP contribution >= 0.6 is 0 Å². The van der Waals surface area contributed by atoms with Crippen molar-refractivity contribution in [2.24, 2.45) is 0 Å². The van der Waals surface area contributed by atoms with Gasteiger partial charge in [0.2, 0.25) is 5.88 Å². The summed E-state index contributed by atoms with van der Waals surface area (Å²) in [5.41, 5.74) is 2.96. The monoisotopic (exact) mass is 438 g/mol. The first-order valence-electron chi connectivity index (χ1n) is 12.5. The molecule has 1 aromatic carbocycles. The Kier molecular flexibility index (Phi) is 8.35. The molecule has 6 heteroatoms. The Balaban J connectivity index is 1.62. The average Bonchev–Trinajstić information content (AvgIpc) is 2.84. The second-order valence-corrected chi connectivity index (χ2v) is 9.23. The molecular weight excluding hydrogens is 400 g/mol. The SMILES string of the molecule is CCCCc1nnc(OC2CCN(C)CC2)cc1N(OC1CCCCC1)c1ccccc1. The number of aryl methyl sites for hydroxylation is 1. The number of hydrogen-bond donors (Lipinski definition) is 0. The van der Waals surface area contributed by atoms with E-state index in [0.717, 1.165) is 75.1 Å². The zero-order valence-corrected chi connectivity index (χ0v) is 19.7. The molecule has 1 aliphatic carbocycles. The standard InChI is InChI=1S/C26H38N4O2/c1-3-4-15-24-25(20-26(28-27-24)31-22-16-18-29(2)19-17-22)30(21-11-7-5-8-12-21)32-23-13-9-6-10-14-23/h5,7-8,11-12,20,22-23H,3-4,6,9-10,13-19H2,1-2H3. The summed E-state index contributed by atoms with van der Waals surface area (Å²) in [4.78, 5) is 8.99. The molecule has 2 heterocycles. The van der Waals surface area contributed by atoms with Gasteiger partial charge in [0.05, 0.1) is 23.2 Å². The molecule has 0 bridgehead atoms. The summed E-state index contributed by atoms with van der Waals surface area (Å²) in [7, 11) is 2.16. The van der Waals surface area contributed by atoms with Crippen molar-refractivity contribution in [3.63, 3.8) is 0 Å². The molecule has 2 fully saturated rings. The summed E-state index contributed by atoms with van der Waals surface area (Å²) >= 11 is 0. The lowest BCUT2D eigenvalue weighted by Gasteiger charge is -2.32. The molecule has 1 saturated carbocycles. The maximum absolute atomic E-state index is 6.65. The predicted molar refractivity (Wildman–Crippen MR) is 128 cm³/mol. The number of benzene rings is 1. The Morgan fingerprint density at radius 2 is 1.72 bits per heavy atom. The minimum atomic E-state index is 0.194. The fourth-order valence-electron chi connectivity index (χ4n) is 4.56. The molecule has 0 amide bonds. The molecule has 0 radical (unpaired) electrons. The van der Waals surface area contributed by atoms with Gasteiger partial charge in [-0.3, -0.25) is 4.84 Å². The first-order valence-corrected chi connectivity index (χ1v) is 12.5. The normalized spacial score (nSPS) is 18.6. The molecule has 1 aromatic heterocycles. The van der Waals surface area contributed by atoms with Gasteiger partial charge in [0.1, 0.15) is 6.10 Å². The number of para-hydroxylation sites is 1. The van der Waals surface area contributed by atoms with Crippen molar-refractivity contribution in [2.75, 3.05) is 25.2 Å². The van der Waals surface area contributed by atoms with Crippen LogP contribution in [0.4, 0.5) is 11.4 Å². The minimum absolute atomic E-state index is 0.194. The summed E-state index contributed by atoms with van der Waals surface area (Å²) in [5, 5.41) is 11.1. The summed E-state index contributed by atoms with van der Waals surface area (Å²) < 4.78 is 6.30. The molecule has 174 valence electrons. The van der Waals surface area contributed by atoms with Gasteiger partial charge in [-0.05, 0) is 57.7 Å². The van der Waals surface area contributed by atoms with E-state index < -0.39 is 0 Å². The van der Waals surface area contributed by atoms with Crippen LogP contribution in [0.2, 0.25) is 0 Å². The third kappa shape index (κ3) is 6.20. The highest BCUT2D eigenvalue weighted by molar-refractivity contribution is 5.63. The zero-order chi connectivity index (χ0) is 22.2. The minimum Gasteiger partial charge on any atom is -0.473 e. The zero-order valence-electron chi connectivity index (χ0n) is 19.7. The van der Waals surface area contributed by atoms with Crippen LogP contribution in [0.3, 0.4) is 0 Å². The molecule has 32 heavy (non-hydrogen) atoms. The Hall–Kier alpha value is -2.18. The smallest absolute Gasteiger partial charge is 0.235 e. The number of hydrogen-bond acceptors (Lipinski definition) is 6. The molecule has 6 nitrogen and oxygen atoms in total. The van der Waals surface area contributed by atoms with Gasteiger partial charge in [-0.1, -0.05) is 50.8 Å². The number of unbranched alkanes of at least 4 members (excludes halogenated alkanes) is 1. The molecule has 0 spiro atoms. The van der Waals surface area contributed by atoms with E-state index in [2.05, 4.69) is 53.3 Å². The van der Waals surface area contributed by atoms with Crippen LogP contribution in [0, 0.1) is 0 Å². The van der Waals surface area contributed by atoms with Crippen molar-refractivity contribution in [3.8, 4) is 5.88 Å². The highest BCUT2D eigenvalue weighted by atomic mass is 16.7. The summed E-state index contributed by atoms with van der Waals surface area (Å²) in [6.07, 6.45) is 11.5. The third-order valence-corrected chi connectivity index (χ3v) is 6.56. The molecular formula is C26H38N4O2. The van der Waals surface area contributed by atoms with Gasteiger partial charge >= 0.3 is 0 Å². The highest BCUT2D eigenvalue weighted by Gasteiger charge is 2.25. The largest absolute Gasteiger partial charge is 0.473 e. The van der Waals surface area contributed by atoms with Crippen molar-refractivity contribution >= 4 is 11.4 Å². The Labute approximate surface area is 192 Å². The first kappa shape index (κ1) is 23.0. The Bertz CT molecular complexity index is 818. The van der Waals surface area contributed by atoms with Gasteiger partial charge in [0.25, 0.3) is 0 Å². The number of piperidine rings is 1. The number of aromatic nitrogens is 2. The lowest BCUT2D eigenvalue weighted by molar-refractivity contribution is 0.0278. The summed E-state index contributed by atoms with van der Waals surface area (Å²) in [6.45, 7) is 4.32. The third-order valence-electron chi connectivity index (χ3n) is 6.56. The van der Waals surface area contributed by atoms with E-state index in [0.29, 0.717) is 5.88 Å². The van der Waals surface area contributed by atoms with Gasteiger partial charge in [-0.25, -0.2) is 5.06 Å². The van der Waals surface area contributed by atoms with Crippen LogP contribution in [0.5, 0.6) is 5.88 Å². The van der Waals surface area contributed by atoms with Gasteiger partial charge in [-0.15, -0.1) is 10.2 Å². The fourth-order valence-corrected chi connectivity index (χ4v) is 4.56. The highest BCUT2D eigenvalue weighted by Crippen LogP contribution is 2.34. The van der Waals surface area contributed by atoms with E-state index in [9.17, 15) is 0 Å². The molecule has 1 aliphatic heterocycles. The number of likely N-dealkylation sites (tertiary alicyclic amines) is 1. The Morgan fingerprint density at radius 1 is 0.969 bits per heavy atom. The van der Waals surface area contributed by atoms with Crippen LogP contribution in [-0.4, -0.2) is 47.4 Å². The lowest BCUT2D eigenvalue weighted by atomic mass is 9.98. The van der Waals surface area contributed by atoms with Crippen LogP contribution < -0.4 is 9.80 Å². The van der Waals surface area contributed by atoms with Crippen LogP contribution in [0.25, 0.3) is 0 Å². The van der Waals surface area contributed by atoms with Gasteiger partial charge in [-0.2, -0.15) is 0 Å². The maximum atomic E-state index is 6.65. The van der Waals surface area contributed by atoms with Gasteiger partial charge in [0.15, 0.2) is 0 Å². The van der Waals surface area contributed by atoms with Crippen molar-refractivity contribution in [1.29, 1.82) is 0 Å². The van der Waals surface area contributed by atoms with E-state index in [-0.39, 0.29) is 12.2 Å². The molecule has 4 rings (SSSR count). The molecule has 2 aliphatic rings. The molecule has 0 N–H and O–H groups in total. The van der Waals surface area contributed by atoms with Crippen molar-refractivity contribution in [1.82, 2.24) is 15.1 Å². The van der Waals surface area contributed by atoms with Crippen LogP contribution in [-0.2, 0) is 11.3 Å². The van der Waals surface area contributed by atoms with E-state index in [4.69, 9.17) is 9.57 Å². The van der Waals surface area contributed by atoms with E-state index in [1.165, 1.54) is 19.3 Å². The number of rotatable bonds is 9. The topological polar surface area (TPSA) is 50.7 Å². The quantitative estimate of drug-likeness (QED) is 0.469. The van der Waals surface area contributed by atoms with Crippen molar-refractivity contribution < 1.29 is 9.57 Å². The molecule has 0 unspecified atom stereocenters. The lowest BCUT2D eigenvalue weighted by Crippen LogP contribution is -2.36. The van der Waals surface area contributed by atoms with Gasteiger partial charge < -0.3 is 9.64 Å². The van der Waals surface area contributed by atoms with Crippen molar-refractivity contribution in [2.45, 2.75) is 83.3 Å².